The molecule has 0 saturated heterocycles. The molecule has 0 aromatic heterocycles. The van der Waals surface area contributed by atoms with Crippen LogP contribution in [0.4, 0.5) is 4.79 Å². The smallest absolute Gasteiger partial charge is 0.332 e. The lowest BCUT2D eigenvalue weighted by molar-refractivity contribution is 0.221. The van der Waals surface area contributed by atoms with Crippen molar-refractivity contribution in [3.8, 4) is 0 Å². The number of hydrogen-bond donors (Lipinski definition) is 2. The number of carbonyl (C=O) groups is 1. The number of nitrogens with one attached hydrogen (secondary N) is 1. The fraction of sp³-hybridized carbons (Fsp3) is 0.846. The summed E-state index contributed by atoms with van der Waals surface area (Å²) in [6, 6.07) is -0.563. The summed E-state index contributed by atoms with van der Waals surface area (Å²) in [6.07, 6.45) is 11.7. The van der Waals surface area contributed by atoms with Gasteiger partial charge in [0.15, 0.2) is 0 Å². The Labute approximate surface area is 103 Å². The molecule has 2 aliphatic rings. The Morgan fingerprint density at radius 2 is 1.65 bits per heavy atom. The van der Waals surface area contributed by atoms with Crippen molar-refractivity contribution >= 4 is 11.7 Å². The van der Waals surface area contributed by atoms with E-state index in [1.165, 1.54) is 44.9 Å². The van der Waals surface area contributed by atoms with Crippen molar-refractivity contribution in [2.24, 2.45) is 22.7 Å². The van der Waals surface area contributed by atoms with E-state index in [0.717, 1.165) is 30.4 Å². The van der Waals surface area contributed by atoms with Gasteiger partial charge < -0.3 is 5.73 Å². The van der Waals surface area contributed by atoms with Gasteiger partial charge in [-0.2, -0.15) is 5.10 Å². The van der Waals surface area contributed by atoms with E-state index in [1.807, 2.05) is 0 Å². The number of primary amides is 1. The zero-order valence-corrected chi connectivity index (χ0v) is 10.5. The largest absolute Gasteiger partial charge is 0.350 e. The summed E-state index contributed by atoms with van der Waals surface area (Å²) in [6.45, 7) is 0. The van der Waals surface area contributed by atoms with Crippen LogP contribution in [0.1, 0.15) is 57.8 Å². The summed E-state index contributed by atoms with van der Waals surface area (Å²) in [7, 11) is 0. The lowest BCUT2D eigenvalue weighted by atomic mass is 9.73. The maximum atomic E-state index is 10.6. The molecule has 0 spiro atoms. The van der Waals surface area contributed by atoms with Gasteiger partial charge in [-0.25, -0.2) is 10.2 Å². The summed E-state index contributed by atoms with van der Waals surface area (Å²) in [5.74, 6) is 1.84. The molecule has 2 aliphatic carbocycles. The van der Waals surface area contributed by atoms with E-state index in [4.69, 9.17) is 5.73 Å². The predicted octanol–water partition coefficient (Wildman–Crippen LogP) is 2.78. The lowest BCUT2D eigenvalue weighted by Crippen LogP contribution is -2.28. The van der Waals surface area contributed by atoms with E-state index in [1.54, 1.807) is 0 Å². The van der Waals surface area contributed by atoms with Gasteiger partial charge in [0, 0.05) is 5.71 Å². The zero-order chi connectivity index (χ0) is 12.1. The number of hydrazone groups is 1. The molecule has 2 amide bonds. The number of rotatable bonds is 2. The Kier molecular flexibility index (Phi) is 4.40. The van der Waals surface area contributed by atoms with Crippen molar-refractivity contribution in [1.82, 2.24) is 5.43 Å². The molecule has 0 bridgehead atoms. The van der Waals surface area contributed by atoms with Crippen LogP contribution in [-0.4, -0.2) is 11.7 Å². The van der Waals surface area contributed by atoms with E-state index < -0.39 is 6.03 Å². The van der Waals surface area contributed by atoms with Gasteiger partial charge in [-0.05, 0) is 37.5 Å². The van der Waals surface area contributed by atoms with Gasteiger partial charge in [0.2, 0.25) is 0 Å². The third-order valence-corrected chi connectivity index (χ3v) is 4.25. The van der Waals surface area contributed by atoms with Crippen LogP contribution in [0, 0.1) is 11.8 Å². The number of hydrogen-bond acceptors (Lipinski definition) is 2. The third-order valence-electron chi connectivity index (χ3n) is 4.25. The zero-order valence-electron chi connectivity index (χ0n) is 10.5. The molecule has 0 aromatic carbocycles. The van der Waals surface area contributed by atoms with E-state index >= 15 is 0 Å². The quantitative estimate of drug-likeness (QED) is 0.712. The Balaban J connectivity index is 1.77. The molecule has 3 N–H and O–H groups in total. The van der Waals surface area contributed by atoms with Gasteiger partial charge in [-0.1, -0.05) is 32.1 Å². The van der Waals surface area contributed by atoms with Gasteiger partial charge >= 0.3 is 6.03 Å². The van der Waals surface area contributed by atoms with Gasteiger partial charge in [0.25, 0.3) is 0 Å². The molecule has 0 heterocycles. The fourth-order valence-corrected chi connectivity index (χ4v) is 3.30. The number of carbonyl (C=O) groups excluding carboxylic acids is 1. The van der Waals surface area contributed by atoms with Gasteiger partial charge in [0.05, 0.1) is 0 Å². The fourth-order valence-electron chi connectivity index (χ4n) is 3.30. The first-order chi connectivity index (χ1) is 8.25. The number of nitrogens with zero attached hydrogens (tertiary/aromatic N) is 1. The Hall–Kier alpha value is -1.06. The van der Waals surface area contributed by atoms with Crippen LogP contribution < -0.4 is 11.2 Å². The molecular formula is C13H23N3O. The van der Waals surface area contributed by atoms with Crippen LogP contribution in [0.2, 0.25) is 0 Å². The van der Waals surface area contributed by atoms with Crippen LogP contribution in [0.25, 0.3) is 0 Å². The summed E-state index contributed by atoms with van der Waals surface area (Å²) in [5.41, 5.74) is 8.44. The average molecular weight is 237 g/mol. The molecule has 2 rings (SSSR count). The van der Waals surface area contributed by atoms with Crippen molar-refractivity contribution in [2.75, 3.05) is 0 Å². The topological polar surface area (TPSA) is 67.5 Å². The third kappa shape index (κ3) is 3.72. The minimum Gasteiger partial charge on any atom is -0.350 e. The second kappa shape index (κ2) is 6.03. The van der Waals surface area contributed by atoms with Crippen LogP contribution in [0.3, 0.4) is 0 Å². The molecule has 2 saturated carbocycles. The van der Waals surface area contributed by atoms with Crippen LogP contribution >= 0.6 is 0 Å². The van der Waals surface area contributed by atoms with Crippen molar-refractivity contribution in [3.05, 3.63) is 0 Å². The molecule has 0 radical (unpaired) electrons. The minimum atomic E-state index is -0.563. The second-order valence-electron chi connectivity index (χ2n) is 5.39. The SMILES string of the molecule is NC(=O)NN=C1CCC(C2CCCCC2)CC1. The number of amides is 2. The van der Waals surface area contributed by atoms with E-state index in [0.29, 0.717) is 0 Å². The second-order valence-corrected chi connectivity index (χ2v) is 5.39. The Morgan fingerprint density at radius 3 is 2.24 bits per heavy atom. The van der Waals surface area contributed by atoms with E-state index in [-0.39, 0.29) is 0 Å². The van der Waals surface area contributed by atoms with Crippen molar-refractivity contribution in [1.29, 1.82) is 0 Å². The summed E-state index contributed by atoms with van der Waals surface area (Å²) >= 11 is 0. The standard InChI is InChI=1S/C13H23N3O/c14-13(17)16-15-12-8-6-11(7-9-12)10-4-2-1-3-5-10/h10-11H,1-9H2,(H3,14,16,17). The predicted molar refractivity (Wildman–Crippen MR) is 68.7 cm³/mol. The molecule has 0 aliphatic heterocycles. The van der Waals surface area contributed by atoms with Crippen LogP contribution in [-0.2, 0) is 0 Å². The first-order valence-corrected chi connectivity index (χ1v) is 6.86. The van der Waals surface area contributed by atoms with Gasteiger partial charge in [-0.15, -0.1) is 0 Å². The molecule has 4 nitrogen and oxygen atoms in total. The molecule has 4 heteroatoms. The average Bonchev–Trinajstić information content (AvgIpc) is 2.38. The van der Waals surface area contributed by atoms with E-state index in [9.17, 15) is 4.79 Å². The first-order valence-electron chi connectivity index (χ1n) is 6.86. The highest BCUT2D eigenvalue weighted by molar-refractivity contribution is 5.86. The first kappa shape index (κ1) is 12.4. The molecule has 17 heavy (non-hydrogen) atoms. The van der Waals surface area contributed by atoms with Crippen molar-refractivity contribution in [3.63, 3.8) is 0 Å². The monoisotopic (exact) mass is 237 g/mol. The summed E-state index contributed by atoms with van der Waals surface area (Å²) < 4.78 is 0. The molecular weight excluding hydrogens is 214 g/mol. The number of urea groups is 1. The molecule has 0 unspecified atom stereocenters. The van der Waals surface area contributed by atoms with E-state index in [2.05, 4.69) is 10.5 Å². The lowest BCUT2D eigenvalue weighted by Gasteiger charge is -2.33. The summed E-state index contributed by atoms with van der Waals surface area (Å²) in [5, 5.41) is 4.05. The van der Waals surface area contributed by atoms with Crippen LogP contribution in [0.15, 0.2) is 5.10 Å². The normalized spacial score (nSPS) is 26.6. The highest BCUT2D eigenvalue weighted by atomic mass is 16.2. The minimum absolute atomic E-state index is 0.563. The molecule has 96 valence electrons. The summed E-state index contributed by atoms with van der Waals surface area (Å²) in [4.78, 5) is 10.6. The van der Waals surface area contributed by atoms with Gasteiger partial charge in [-0.3, -0.25) is 0 Å². The molecule has 0 aromatic rings. The van der Waals surface area contributed by atoms with Gasteiger partial charge in [0.1, 0.15) is 0 Å². The Morgan fingerprint density at radius 1 is 1.06 bits per heavy atom. The van der Waals surface area contributed by atoms with Crippen molar-refractivity contribution in [2.45, 2.75) is 57.8 Å². The maximum Gasteiger partial charge on any atom is 0.332 e. The van der Waals surface area contributed by atoms with Crippen LogP contribution in [0.5, 0.6) is 0 Å². The molecule has 0 atom stereocenters. The highest BCUT2D eigenvalue weighted by Gasteiger charge is 2.26. The molecule has 2 fully saturated rings. The highest BCUT2D eigenvalue weighted by Crippen LogP contribution is 2.37. The number of nitrogens with two attached hydrogens (primary N) is 1. The maximum absolute atomic E-state index is 10.6. The van der Waals surface area contributed by atoms with Crippen molar-refractivity contribution < 1.29 is 4.79 Å². The Bertz CT molecular complexity index is 285.